The molecule has 2 aromatic rings. The van der Waals surface area contributed by atoms with Crippen molar-refractivity contribution in [3.63, 3.8) is 0 Å². The molecular formula is C23H27ClFNO2S. The molecule has 0 N–H and O–H groups in total. The fourth-order valence-electron chi connectivity index (χ4n) is 4.88. The van der Waals surface area contributed by atoms with E-state index >= 15 is 0 Å². The van der Waals surface area contributed by atoms with Crippen LogP contribution in [0.2, 0.25) is 5.02 Å². The van der Waals surface area contributed by atoms with E-state index in [1.165, 1.54) is 5.56 Å². The van der Waals surface area contributed by atoms with Gasteiger partial charge in [-0.25, -0.2) is 12.8 Å². The van der Waals surface area contributed by atoms with E-state index in [4.69, 9.17) is 11.6 Å². The molecule has 0 unspecified atom stereocenters. The van der Waals surface area contributed by atoms with Crippen molar-refractivity contribution < 1.29 is 12.8 Å². The quantitative estimate of drug-likeness (QED) is 0.639. The lowest BCUT2D eigenvalue weighted by molar-refractivity contribution is 0.183. The summed E-state index contributed by atoms with van der Waals surface area (Å²) in [6.07, 6.45) is 4.52. The van der Waals surface area contributed by atoms with Gasteiger partial charge in [-0.3, -0.25) is 0 Å². The van der Waals surface area contributed by atoms with Crippen LogP contribution in [0.25, 0.3) is 0 Å². The zero-order chi connectivity index (χ0) is 20.4. The Bertz CT molecular complexity index is 940. The van der Waals surface area contributed by atoms with E-state index in [1.807, 2.05) is 12.1 Å². The number of nitrogens with zero attached hydrogens (tertiary/aromatic N) is 1. The zero-order valence-corrected chi connectivity index (χ0v) is 18.0. The third-order valence-electron chi connectivity index (χ3n) is 6.52. The topological polar surface area (TPSA) is 37.4 Å². The standard InChI is InChI=1S/C23H27ClFNO2S/c24-22-3-1-2-4-23(22)29(27,28)21-10-5-17(15-21)16-26-13-11-19(12-14-26)18-6-8-20(25)9-7-18/h1-4,6-9,17,19,21H,5,10-16H2/t17-,21-/m1/s1. The first-order valence-electron chi connectivity index (χ1n) is 10.4. The summed E-state index contributed by atoms with van der Waals surface area (Å²) in [5.41, 5.74) is 1.22. The minimum atomic E-state index is -3.37. The van der Waals surface area contributed by atoms with Crippen LogP contribution in [0.15, 0.2) is 53.4 Å². The van der Waals surface area contributed by atoms with Gasteiger partial charge in [-0.05, 0) is 86.9 Å². The van der Waals surface area contributed by atoms with Crippen LogP contribution in [-0.2, 0) is 9.84 Å². The molecule has 0 aromatic heterocycles. The van der Waals surface area contributed by atoms with Gasteiger partial charge in [-0.1, -0.05) is 35.9 Å². The van der Waals surface area contributed by atoms with Gasteiger partial charge in [0.1, 0.15) is 5.82 Å². The summed E-state index contributed by atoms with van der Waals surface area (Å²) >= 11 is 6.14. The molecule has 1 saturated heterocycles. The molecule has 0 spiro atoms. The molecule has 1 aliphatic carbocycles. The Morgan fingerprint density at radius 1 is 0.966 bits per heavy atom. The molecule has 3 nitrogen and oxygen atoms in total. The Balaban J connectivity index is 1.31. The maximum absolute atomic E-state index is 13.1. The highest BCUT2D eigenvalue weighted by Crippen LogP contribution is 2.37. The predicted molar refractivity (Wildman–Crippen MR) is 115 cm³/mol. The fourth-order valence-corrected chi connectivity index (χ4v) is 7.28. The van der Waals surface area contributed by atoms with Crippen molar-refractivity contribution in [2.75, 3.05) is 19.6 Å². The van der Waals surface area contributed by atoms with Gasteiger partial charge in [-0.15, -0.1) is 0 Å². The molecule has 4 rings (SSSR count). The summed E-state index contributed by atoms with van der Waals surface area (Å²) in [6, 6.07) is 13.6. The van der Waals surface area contributed by atoms with Crippen LogP contribution in [0.5, 0.6) is 0 Å². The summed E-state index contributed by atoms with van der Waals surface area (Å²) in [4.78, 5) is 2.74. The second kappa shape index (κ2) is 8.75. The molecule has 2 aromatic carbocycles. The third-order valence-corrected chi connectivity index (χ3v) is 9.24. The Morgan fingerprint density at radius 3 is 2.34 bits per heavy atom. The van der Waals surface area contributed by atoms with Crippen molar-refractivity contribution in [1.82, 2.24) is 4.90 Å². The first kappa shape index (κ1) is 20.8. The molecule has 1 saturated carbocycles. The number of hydrogen-bond acceptors (Lipinski definition) is 3. The fraction of sp³-hybridized carbons (Fsp3) is 0.478. The average Bonchev–Trinajstić information content (AvgIpc) is 3.19. The molecule has 1 heterocycles. The van der Waals surface area contributed by atoms with E-state index < -0.39 is 9.84 Å². The number of likely N-dealkylation sites (tertiary alicyclic amines) is 1. The highest BCUT2D eigenvalue weighted by molar-refractivity contribution is 7.92. The molecule has 0 amide bonds. The van der Waals surface area contributed by atoms with Crippen LogP contribution >= 0.6 is 11.6 Å². The Hall–Kier alpha value is -1.43. The van der Waals surface area contributed by atoms with E-state index in [9.17, 15) is 12.8 Å². The lowest BCUT2D eigenvalue weighted by Crippen LogP contribution is -2.36. The van der Waals surface area contributed by atoms with Gasteiger partial charge < -0.3 is 4.90 Å². The first-order valence-corrected chi connectivity index (χ1v) is 12.3. The highest BCUT2D eigenvalue weighted by atomic mass is 35.5. The molecule has 0 bridgehead atoms. The number of benzene rings is 2. The van der Waals surface area contributed by atoms with E-state index in [0.29, 0.717) is 29.7 Å². The Kier molecular flexibility index (Phi) is 6.28. The van der Waals surface area contributed by atoms with Gasteiger partial charge in [0, 0.05) is 6.54 Å². The summed E-state index contributed by atoms with van der Waals surface area (Å²) < 4.78 is 39.1. The molecular weight excluding hydrogens is 409 g/mol. The summed E-state index contributed by atoms with van der Waals surface area (Å²) in [7, 11) is -3.37. The minimum Gasteiger partial charge on any atom is -0.303 e. The number of rotatable bonds is 5. The van der Waals surface area contributed by atoms with Crippen LogP contribution in [0.1, 0.15) is 43.6 Å². The molecule has 2 atom stereocenters. The summed E-state index contributed by atoms with van der Waals surface area (Å²) in [5, 5.41) is -0.0111. The molecule has 156 valence electrons. The average molecular weight is 436 g/mol. The van der Waals surface area contributed by atoms with E-state index in [2.05, 4.69) is 4.90 Å². The number of hydrogen-bond donors (Lipinski definition) is 0. The monoisotopic (exact) mass is 435 g/mol. The first-order chi connectivity index (χ1) is 13.9. The van der Waals surface area contributed by atoms with Gasteiger partial charge in [0.25, 0.3) is 0 Å². The van der Waals surface area contributed by atoms with Crippen molar-refractivity contribution >= 4 is 21.4 Å². The maximum Gasteiger partial charge on any atom is 0.182 e. The van der Waals surface area contributed by atoms with Crippen LogP contribution < -0.4 is 0 Å². The van der Waals surface area contributed by atoms with Crippen molar-refractivity contribution in [3.05, 3.63) is 64.9 Å². The molecule has 6 heteroatoms. The summed E-state index contributed by atoms with van der Waals surface area (Å²) in [6.45, 7) is 2.99. The molecule has 0 radical (unpaired) electrons. The smallest absolute Gasteiger partial charge is 0.182 e. The van der Waals surface area contributed by atoms with E-state index in [-0.39, 0.29) is 16.0 Å². The third kappa shape index (κ3) is 4.68. The minimum absolute atomic E-state index is 0.186. The van der Waals surface area contributed by atoms with Gasteiger partial charge in [0.15, 0.2) is 9.84 Å². The molecule has 2 aliphatic rings. The second-order valence-electron chi connectivity index (χ2n) is 8.40. The zero-order valence-electron chi connectivity index (χ0n) is 16.4. The van der Waals surface area contributed by atoms with Gasteiger partial charge in [0.05, 0.1) is 15.2 Å². The van der Waals surface area contributed by atoms with E-state index in [0.717, 1.165) is 38.9 Å². The SMILES string of the molecule is O=S(=O)(c1ccccc1Cl)[C@@H]1CC[C@@H](CN2CCC(c3ccc(F)cc3)CC2)C1. The number of piperidine rings is 1. The van der Waals surface area contributed by atoms with Gasteiger partial charge in [-0.2, -0.15) is 0 Å². The van der Waals surface area contributed by atoms with Crippen molar-refractivity contribution in [3.8, 4) is 0 Å². The molecule has 2 fully saturated rings. The van der Waals surface area contributed by atoms with Crippen LogP contribution in [0.3, 0.4) is 0 Å². The molecule has 29 heavy (non-hydrogen) atoms. The van der Waals surface area contributed by atoms with Crippen molar-refractivity contribution in [2.24, 2.45) is 5.92 Å². The Morgan fingerprint density at radius 2 is 1.66 bits per heavy atom. The van der Waals surface area contributed by atoms with Crippen molar-refractivity contribution in [1.29, 1.82) is 0 Å². The van der Waals surface area contributed by atoms with Crippen LogP contribution in [0.4, 0.5) is 4.39 Å². The Labute approximate surface area is 177 Å². The molecule has 1 aliphatic heterocycles. The normalized spacial score (nSPS) is 24.1. The van der Waals surface area contributed by atoms with Crippen molar-refractivity contribution in [2.45, 2.75) is 48.2 Å². The van der Waals surface area contributed by atoms with Crippen LogP contribution in [-0.4, -0.2) is 38.2 Å². The van der Waals surface area contributed by atoms with Crippen LogP contribution in [0, 0.1) is 11.7 Å². The lowest BCUT2D eigenvalue weighted by Gasteiger charge is -2.33. The predicted octanol–water partition coefficient (Wildman–Crippen LogP) is 5.30. The lowest BCUT2D eigenvalue weighted by atomic mass is 9.89. The van der Waals surface area contributed by atoms with Gasteiger partial charge >= 0.3 is 0 Å². The largest absolute Gasteiger partial charge is 0.303 e. The summed E-state index contributed by atoms with van der Waals surface area (Å²) in [5.74, 6) is 0.720. The maximum atomic E-state index is 13.1. The second-order valence-corrected chi connectivity index (χ2v) is 11.0. The number of halogens is 2. The van der Waals surface area contributed by atoms with E-state index in [1.54, 1.807) is 36.4 Å². The highest BCUT2D eigenvalue weighted by Gasteiger charge is 2.37. The van der Waals surface area contributed by atoms with Gasteiger partial charge in [0.2, 0.25) is 0 Å². The number of sulfone groups is 1.